The van der Waals surface area contributed by atoms with E-state index in [-0.39, 0.29) is 0 Å². The fourth-order valence-corrected chi connectivity index (χ4v) is 2.71. The van der Waals surface area contributed by atoms with Crippen molar-refractivity contribution in [3.63, 3.8) is 0 Å². The first kappa shape index (κ1) is 14.6. The van der Waals surface area contributed by atoms with Crippen molar-refractivity contribution < 1.29 is 0 Å². The Morgan fingerprint density at radius 1 is 1.41 bits per heavy atom. The van der Waals surface area contributed by atoms with Gasteiger partial charge in [0.15, 0.2) is 0 Å². The summed E-state index contributed by atoms with van der Waals surface area (Å²) < 4.78 is 0. The molecule has 0 aliphatic heterocycles. The summed E-state index contributed by atoms with van der Waals surface area (Å²) in [6, 6.07) is 2.32. The van der Waals surface area contributed by atoms with Gasteiger partial charge in [-0.3, -0.25) is 0 Å². The van der Waals surface area contributed by atoms with Crippen LogP contribution >= 0.6 is 23.4 Å². The Labute approximate surface area is 113 Å². The first-order valence-corrected chi connectivity index (χ1v) is 7.64. The van der Waals surface area contributed by atoms with E-state index < -0.39 is 0 Å². The van der Waals surface area contributed by atoms with Gasteiger partial charge in [-0.25, -0.2) is 9.97 Å². The number of hydrogen-bond acceptors (Lipinski definition) is 4. The summed E-state index contributed by atoms with van der Waals surface area (Å²) in [5.74, 6) is 2.82. The molecule has 0 N–H and O–H groups in total. The third-order valence-corrected chi connectivity index (χ3v) is 3.70. The van der Waals surface area contributed by atoms with Crippen LogP contribution in [-0.4, -0.2) is 35.1 Å². The van der Waals surface area contributed by atoms with E-state index in [1.54, 1.807) is 0 Å². The molecule has 3 nitrogen and oxygen atoms in total. The summed E-state index contributed by atoms with van der Waals surface area (Å²) in [5.41, 5.74) is 0. The molecule has 1 aromatic heterocycles. The van der Waals surface area contributed by atoms with Crippen LogP contribution in [0.15, 0.2) is 6.07 Å². The van der Waals surface area contributed by atoms with E-state index in [0.717, 1.165) is 30.2 Å². The third kappa shape index (κ3) is 4.03. The lowest BCUT2D eigenvalue weighted by Crippen LogP contribution is -2.34. The minimum atomic E-state index is 0.487. The molecule has 0 saturated heterocycles. The average molecular weight is 274 g/mol. The van der Waals surface area contributed by atoms with Crippen molar-refractivity contribution in [3.05, 3.63) is 17.0 Å². The van der Waals surface area contributed by atoms with Crippen LogP contribution in [0.4, 0.5) is 5.82 Å². The van der Waals surface area contributed by atoms with E-state index in [9.17, 15) is 0 Å². The van der Waals surface area contributed by atoms with Gasteiger partial charge in [0.1, 0.15) is 16.8 Å². The van der Waals surface area contributed by atoms with Crippen molar-refractivity contribution in [2.45, 2.75) is 32.7 Å². The van der Waals surface area contributed by atoms with Gasteiger partial charge >= 0.3 is 0 Å². The lowest BCUT2D eigenvalue weighted by Gasteiger charge is -2.28. The van der Waals surface area contributed by atoms with Gasteiger partial charge in [0, 0.05) is 31.3 Å². The van der Waals surface area contributed by atoms with Gasteiger partial charge in [0.25, 0.3) is 0 Å². The predicted molar refractivity (Wildman–Crippen MR) is 77.3 cm³/mol. The fourth-order valence-electron chi connectivity index (χ4n) is 1.67. The van der Waals surface area contributed by atoms with E-state index in [1.165, 1.54) is 0 Å². The molecule has 96 valence electrons. The first-order chi connectivity index (χ1) is 8.12. The second kappa shape index (κ2) is 7.07. The molecule has 1 aromatic rings. The summed E-state index contributed by atoms with van der Waals surface area (Å²) in [7, 11) is 2.07. The van der Waals surface area contributed by atoms with Crippen LogP contribution < -0.4 is 4.90 Å². The number of nitrogens with zero attached hydrogens (tertiary/aromatic N) is 3. The van der Waals surface area contributed by atoms with Crippen LogP contribution in [0.5, 0.6) is 0 Å². The molecule has 0 radical (unpaired) electrons. The van der Waals surface area contributed by atoms with Crippen LogP contribution in [0.2, 0.25) is 5.15 Å². The van der Waals surface area contributed by atoms with Gasteiger partial charge in [-0.2, -0.15) is 11.8 Å². The maximum absolute atomic E-state index is 6.01. The summed E-state index contributed by atoms with van der Waals surface area (Å²) in [6.07, 6.45) is 4.03. The molecule has 5 heteroatoms. The lowest BCUT2D eigenvalue weighted by molar-refractivity contribution is 0.662. The standard InChI is InChI=1S/C12H20ClN3S/c1-5-9(8-17-4)16(3)12-7-10(13)14-11(6-2)15-12/h7,9H,5-6,8H2,1-4H3. The van der Waals surface area contributed by atoms with Crippen molar-refractivity contribution in [1.29, 1.82) is 0 Å². The van der Waals surface area contributed by atoms with Gasteiger partial charge in [-0.1, -0.05) is 25.4 Å². The number of hydrogen-bond donors (Lipinski definition) is 0. The smallest absolute Gasteiger partial charge is 0.134 e. The van der Waals surface area contributed by atoms with Gasteiger partial charge < -0.3 is 4.90 Å². The lowest BCUT2D eigenvalue weighted by atomic mass is 10.2. The maximum atomic E-state index is 6.01. The Balaban J connectivity index is 2.93. The number of thioether (sulfide) groups is 1. The van der Waals surface area contributed by atoms with Gasteiger partial charge in [0.2, 0.25) is 0 Å². The normalized spacial score (nSPS) is 12.5. The molecular weight excluding hydrogens is 254 g/mol. The predicted octanol–water partition coefficient (Wildman–Crippen LogP) is 3.27. The highest BCUT2D eigenvalue weighted by atomic mass is 35.5. The highest BCUT2D eigenvalue weighted by Crippen LogP contribution is 2.19. The molecule has 0 spiro atoms. The number of aryl methyl sites for hydroxylation is 1. The van der Waals surface area contributed by atoms with Crippen LogP contribution in [0.25, 0.3) is 0 Å². The zero-order chi connectivity index (χ0) is 12.8. The van der Waals surface area contributed by atoms with Crippen molar-refractivity contribution in [3.8, 4) is 0 Å². The van der Waals surface area contributed by atoms with E-state index in [1.807, 2.05) is 24.8 Å². The third-order valence-electron chi connectivity index (χ3n) is 2.78. The Bertz CT molecular complexity index is 360. The molecule has 0 fully saturated rings. The Kier molecular flexibility index (Phi) is 6.06. The highest BCUT2D eigenvalue weighted by molar-refractivity contribution is 7.98. The van der Waals surface area contributed by atoms with Crippen molar-refractivity contribution in [1.82, 2.24) is 9.97 Å². The first-order valence-electron chi connectivity index (χ1n) is 5.87. The molecule has 1 atom stereocenters. The fraction of sp³-hybridized carbons (Fsp3) is 0.667. The van der Waals surface area contributed by atoms with Gasteiger partial charge in [-0.15, -0.1) is 0 Å². The molecule has 1 unspecified atom stereocenters. The molecule has 0 saturated carbocycles. The van der Waals surface area contributed by atoms with Gasteiger partial charge in [0.05, 0.1) is 0 Å². The summed E-state index contributed by atoms with van der Waals surface area (Å²) in [6.45, 7) is 4.23. The topological polar surface area (TPSA) is 29.0 Å². The molecule has 0 aliphatic rings. The van der Waals surface area contributed by atoms with E-state index in [4.69, 9.17) is 11.6 Å². The van der Waals surface area contributed by atoms with Gasteiger partial charge in [-0.05, 0) is 12.7 Å². The molecule has 17 heavy (non-hydrogen) atoms. The van der Waals surface area contributed by atoms with Crippen LogP contribution in [0, 0.1) is 0 Å². The molecule has 0 aromatic carbocycles. The highest BCUT2D eigenvalue weighted by Gasteiger charge is 2.15. The Hall–Kier alpha value is -0.480. The van der Waals surface area contributed by atoms with Crippen LogP contribution in [0.3, 0.4) is 0 Å². The SMILES string of the molecule is CCc1nc(Cl)cc(N(C)C(CC)CSC)n1. The van der Waals surface area contributed by atoms with E-state index in [2.05, 4.69) is 35.1 Å². The number of anilines is 1. The molecule has 0 amide bonds. The van der Waals surface area contributed by atoms with Crippen molar-refractivity contribution >= 4 is 29.2 Å². The van der Waals surface area contributed by atoms with Crippen molar-refractivity contribution in [2.24, 2.45) is 0 Å². The maximum Gasteiger partial charge on any atom is 0.134 e. The minimum Gasteiger partial charge on any atom is -0.356 e. The largest absolute Gasteiger partial charge is 0.356 e. The molecule has 1 rings (SSSR count). The summed E-state index contributed by atoms with van der Waals surface area (Å²) >= 11 is 7.87. The molecule has 1 heterocycles. The zero-order valence-electron chi connectivity index (χ0n) is 10.9. The number of halogens is 1. The van der Waals surface area contributed by atoms with E-state index >= 15 is 0 Å². The van der Waals surface area contributed by atoms with Crippen LogP contribution in [0.1, 0.15) is 26.1 Å². The van der Waals surface area contributed by atoms with E-state index in [0.29, 0.717) is 11.2 Å². The minimum absolute atomic E-state index is 0.487. The quantitative estimate of drug-likeness (QED) is 0.744. The van der Waals surface area contributed by atoms with Crippen LogP contribution in [-0.2, 0) is 6.42 Å². The molecule has 0 bridgehead atoms. The number of rotatable bonds is 6. The Morgan fingerprint density at radius 3 is 2.65 bits per heavy atom. The monoisotopic (exact) mass is 273 g/mol. The second-order valence-corrected chi connectivity index (χ2v) is 5.24. The van der Waals surface area contributed by atoms with Crippen molar-refractivity contribution in [2.75, 3.05) is 24.0 Å². The Morgan fingerprint density at radius 2 is 2.12 bits per heavy atom. The average Bonchev–Trinajstić information content (AvgIpc) is 2.34. The molecular formula is C12H20ClN3S. The molecule has 0 aliphatic carbocycles. The summed E-state index contributed by atoms with van der Waals surface area (Å²) in [5, 5.41) is 0.526. The zero-order valence-corrected chi connectivity index (χ0v) is 12.5. The summed E-state index contributed by atoms with van der Waals surface area (Å²) in [4.78, 5) is 10.9. The number of aromatic nitrogens is 2. The second-order valence-electron chi connectivity index (χ2n) is 3.95.